The molecule has 2 aliphatic rings. The summed E-state index contributed by atoms with van der Waals surface area (Å²) in [5.41, 5.74) is 0. The largest absolute Gasteiger partial charge is 0.481 e. The summed E-state index contributed by atoms with van der Waals surface area (Å²) in [6.45, 7) is 2.08. The molecule has 0 aliphatic heterocycles. The van der Waals surface area contributed by atoms with E-state index in [2.05, 4.69) is 17.6 Å². The van der Waals surface area contributed by atoms with Gasteiger partial charge in [-0.15, -0.1) is 0 Å². The number of aliphatic carboxylic acids is 1. The SMILES string of the molecule is CC(NC(=O)NC1CCCC(C(=O)O)C1)C1CCCCC1. The maximum absolute atomic E-state index is 12.1. The van der Waals surface area contributed by atoms with Crippen LogP contribution in [0.1, 0.15) is 64.7 Å². The van der Waals surface area contributed by atoms with Gasteiger partial charge in [0.25, 0.3) is 0 Å². The van der Waals surface area contributed by atoms with E-state index < -0.39 is 5.97 Å². The number of hydrogen-bond donors (Lipinski definition) is 3. The summed E-state index contributed by atoms with van der Waals surface area (Å²) in [5.74, 6) is -0.458. The fraction of sp³-hybridized carbons (Fsp3) is 0.875. The minimum Gasteiger partial charge on any atom is -0.481 e. The maximum Gasteiger partial charge on any atom is 0.315 e. The van der Waals surface area contributed by atoms with E-state index in [4.69, 9.17) is 5.11 Å². The molecule has 0 bridgehead atoms. The molecular weight excluding hydrogens is 268 g/mol. The Labute approximate surface area is 126 Å². The van der Waals surface area contributed by atoms with Gasteiger partial charge in [-0.2, -0.15) is 0 Å². The van der Waals surface area contributed by atoms with Gasteiger partial charge in [-0.05, 0) is 44.9 Å². The summed E-state index contributed by atoms with van der Waals surface area (Å²) in [6, 6.07) is 0.0617. The van der Waals surface area contributed by atoms with Gasteiger partial charge >= 0.3 is 12.0 Å². The van der Waals surface area contributed by atoms with Crippen LogP contribution in [0.5, 0.6) is 0 Å². The number of amides is 2. The van der Waals surface area contributed by atoms with Gasteiger partial charge in [0.2, 0.25) is 0 Å². The Morgan fingerprint density at radius 3 is 2.43 bits per heavy atom. The summed E-state index contributed by atoms with van der Waals surface area (Å²) in [7, 11) is 0. The van der Waals surface area contributed by atoms with Crippen LogP contribution in [0.25, 0.3) is 0 Å². The highest BCUT2D eigenvalue weighted by Crippen LogP contribution is 2.27. The monoisotopic (exact) mass is 296 g/mol. The highest BCUT2D eigenvalue weighted by molar-refractivity contribution is 5.75. The fourth-order valence-corrected chi connectivity index (χ4v) is 3.73. The molecule has 2 aliphatic carbocycles. The molecule has 0 aromatic heterocycles. The molecule has 3 unspecified atom stereocenters. The van der Waals surface area contributed by atoms with Gasteiger partial charge < -0.3 is 15.7 Å². The summed E-state index contributed by atoms with van der Waals surface area (Å²) in [4.78, 5) is 23.1. The first kappa shape index (κ1) is 16.1. The fourth-order valence-electron chi connectivity index (χ4n) is 3.73. The van der Waals surface area contributed by atoms with Gasteiger partial charge in [0, 0.05) is 12.1 Å². The molecular formula is C16H28N2O3. The van der Waals surface area contributed by atoms with E-state index in [9.17, 15) is 9.59 Å². The van der Waals surface area contributed by atoms with Gasteiger partial charge in [0.15, 0.2) is 0 Å². The second-order valence-electron chi connectivity index (χ2n) is 6.70. The zero-order chi connectivity index (χ0) is 15.2. The van der Waals surface area contributed by atoms with Crippen molar-refractivity contribution >= 4 is 12.0 Å². The minimum absolute atomic E-state index is 0.00148. The molecule has 120 valence electrons. The number of rotatable bonds is 4. The molecule has 0 spiro atoms. The summed E-state index contributed by atoms with van der Waals surface area (Å²) >= 11 is 0. The van der Waals surface area contributed by atoms with Gasteiger partial charge in [-0.3, -0.25) is 4.79 Å². The Bertz CT molecular complexity index is 367. The van der Waals surface area contributed by atoms with E-state index in [0.29, 0.717) is 12.3 Å². The number of hydrogen-bond acceptors (Lipinski definition) is 2. The number of carbonyl (C=O) groups is 2. The van der Waals surface area contributed by atoms with E-state index in [0.717, 1.165) is 19.3 Å². The third-order valence-corrected chi connectivity index (χ3v) is 5.07. The van der Waals surface area contributed by atoms with E-state index in [1.54, 1.807) is 0 Å². The predicted octanol–water partition coefficient (Wildman–Crippen LogP) is 2.90. The zero-order valence-electron chi connectivity index (χ0n) is 12.9. The minimum atomic E-state index is -0.738. The highest BCUT2D eigenvalue weighted by Gasteiger charge is 2.28. The molecule has 21 heavy (non-hydrogen) atoms. The molecule has 0 aromatic carbocycles. The summed E-state index contributed by atoms with van der Waals surface area (Å²) in [6.07, 6.45) is 9.29. The Morgan fingerprint density at radius 1 is 1.05 bits per heavy atom. The van der Waals surface area contributed by atoms with E-state index in [1.165, 1.54) is 32.1 Å². The lowest BCUT2D eigenvalue weighted by atomic mass is 9.84. The van der Waals surface area contributed by atoms with Crippen LogP contribution in [0.2, 0.25) is 0 Å². The summed E-state index contributed by atoms with van der Waals surface area (Å²) in [5, 5.41) is 15.1. The van der Waals surface area contributed by atoms with Crippen LogP contribution in [0.15, 0.2) is 0 Å². The molecule has 2 saturated carbocycles. The normalized spacial score (nSPS) is 28.6. The van der Waals surface area contributed by atoms with Gasteiger partial charge in [-0.25, -0.2) is 4.79 Å². The number of urea groups is 1. The Hall–Kier alpha value is -1.26. The second-order valence-corrected chi connectivity index (χ2v) is 6.70. The van der Waals surface area contributed by atoms with Gasteiger partial charge in [0.05, 0.1) is 5.92 Å². The van der Waals surface area contributed by atoms with E-state index in [1.807, 2.05) is 0 Å². The molecule has 5 nitrogen and oxygen atoms in total. The first-order chi connectivity index (χ1) is 10.1. The van der Waals surface area contributed by atoms with Crippen LogP contribution in [0, 0.1) is 11.8 Å². The Kier molecular flexibility index (Phi) is 5.88. The third-order valence-electron chi connectivity index (χ3n) is 5.07. The number of nitrogens with one attached hydrogen (secondary N) is 2. The van der Waals surface area contributed by atoms with E-state index >= 15 is 0 Å². The highest BCUT2D eigenvalue weighted by atomic mass is 16.4. The molecule has 3 atom stereocenters. The van der Waals surface area contributed by atoms with Crippen LogP contribution in [0.4, 0.5) is 4.79 Å². The first-order valence-corrected chi connectivity index (χ1v) is 8.36. The second kappa shape index (κ2) is 7.66. The smallest absolute Gasteiger partial charge is 0.315 e. The number of carbonyl (C=O) groups excluding carboxylic acids is 1. The van der Waals surface area contributed by atoms with Crippen molar-refractivity contribution in [3.05, 3.63) is 0 Å². The molecule has 0 saturated heterocycles. The zero-order valence-corrected chi connectivity index (χ0v) is 12.9. The molecule has 0 aromatic rings. The topological polar surface area (TPSA) is 78.4 Å². The lowest BCUT2D eigenvalue weighted by Gasteiger charge is -2.31. The van der Waals surface area contributed by atoms with Crippen molar-refractivity contribution < 1.29 is 14.7 Å². The Morgan fingerprint density at radius 2 is 1.76 bits per heavy atom. The lowest BCUT2D eigenvalue weighted by molar-refractivity contribution is -0.143. The van der Waals surface area contributed by atoms with Gasteiger partial charge in [-0.1, -0.05) is 25.7 Å². The molecule has 5 heteroatoms. The molecule has 2 amide bonds. The number of carboxylic acids is 1. The van der Waals surface area contributed by atoms with Crippen molar-refractivity contribution in [1.29, 1.82) is 0 Å². The summed E-state index contributed by atoms with van der Waals surface area (Å²) < 4.78 is 0. The first-order valence-electron chi connectivity index (χ1n) is 8.36. The van der Waals surface area contributed by atoms with Crippen LogP contribution in [-0.4, -0.2) is 29.2 Å². The lowest BCUT2D eigenvalue weighted by Crippen LogP contribution is -2.49. The van der Waals surface area contributed by atoms with Crippen LogP contribution in [0.3, 0.4) is 0 Å². The van der Waals surface area contributed by atoms with Crippen LogP contribution < -0.4 is 10.6 Å². The molecule has 2 rings (SSSR count). The third kappa shape index (κ3) is 4.90. The van der Waals surface area contributed by atoms with E-state index in [-0.39, 0.29) is 24.0 Å². The molecule has 0 radical (unpaired) electrons. The van der Waals surface area contributed by atoms with Crippen molar-refractivity contribution in [2.45, 2.75) is 76.8 Å². The van der Waals surface area contributed by atoms with Gasteiger partial charge in [0.1, 0.15) is 0 Å². The quantitative estimate of drug-likeness (QED) is 0.746. The van der Waals surface area contributed by atoms with Crippen molar-refractivity contribution in [3.63, 3.8) is 0 Å². The molecule has 0 heterocycles. The van der Waals surface area contributed by atoms with Crippen molar-refractivity contribution in [2.75, 3.05) is 0 Å². The Balaban J connectivity index is 1.74. The maximum atomic E-state index is 12.1. The molecule has 2 fully saturated rings. The predicted molar refractivity (Wildman–Crippen MR) is 81.1 cm³/mol. The van der Waals surface area contributed by atoms with Crippen LogP contribution >= 0.6 is 0 Å². The van der Waals surface area contributed by atoms with Crippen molar-refractivity contribution in [1.82, 2.24) is 10.6 Å². The standard InChI is InChI=1S/C16H28N2O3/c1-11(12-6-3-2-4-7-12)17-16(21)18-14-9-5-8-13(10-14)15(19)20/h11-14H,2-10H2,1H3,(H,19,20)(H2,17,18,21). The van der Waals surface area contributed by atoms with Crippen molar-refractivity contribution in [2.24, 2.45) is 11.8 Å². The van der Waals surface area contributed by atoms with Crippen molar-refractivity contribution in [3.8, 4) is 0 Å². The van der Waals surface area contributed by atoms with Crippen LogP contribution in [-0.2, 0) is 4.79 Å². The molecule has 3 N–H and O–H groups in total. The average molecular weight is 296 g/mol. The average Bonchev–Trinajstić information content (AvgIpc) is 2.48. The number of carboxylic acid groups (broad SMARTS) is 1.